The summed E-state index contributed by atoms with van der Waals surface area (Å²) in [6.07, 6.45) is 0.675. The van der Waals surface area contributed by atoms with Crippen LogP contribution in [0.3, 0.4) is 0 Å². The van der Waals surface area contributed by atoms with Gasteiger partial charge in [0.15, 0.2) is 6.61 Å². The maximum atomic E-state index is 12.2. The van der Waals surface area contributed by atoms with Gasteiger partial charge in [0.1, 0.15) is 12.4 Å². The Labute approximate surface area is 187 Å². The van der Waals surface area contributed by atoms with Crippen molar-refractivity contribution in [1.82, 2.24) is 15.6 Å². The quantitative estimate of drug-likeness (QED) is 0.476. The summed E-state index contributed by atoms with van der Waals surface area (Å²) in [5, 5.41) is 9.52. The summed E-state index contributed by atoms with van der Waals surface area (Å²) in [6, 6.07) is 9.71. The summed E-state index contributed by atoms with van der Waals surface area (Å²) in [5.74, 6) is -0.925. The third kappa shape index (κ3) is 7.50. The maximum absolute atomic E-state index is 12.2. The Bertz CT molecular complexity index is 1030. The number of hydrogen-bond acceptors (Lipinski definition) is 8. The number of hydrogen-bond donors (Lipinski definition) is 2. The summed E-state index contributed by atoms with van der Waals surface area (Å²) >= 11 is 3.13. The van der Waals surface area contributed by atoms with Crippen molar-refractivity contribution in [2.24, 2.45) is 0 Å². The number of benzene rings is 1. The first kappa shape index (κ1) is 22.4. The second-order valence-corrected chi connectivity index (χ2v) is 8.48. The van der Waals surface area contributed by atoms with Crippen molar-refractivity contribution in [3.63, 3.8) is 0 Å². The van der Waals surface area contributed by atoms with E-state index in [9.17, 15) is 14.4 Å². The number of thiophene rings is 1. The average Bonchev–Trinajstić information content (AvgIpc) is 3.42. The molecule has 2 N–H and O–H groups in total. The fourth-order valence-electron chi connectivity index (χ4n) is 2.52. The maximum Gasteiger partial charge on any atom is 0.338 e. The van der Waals surface area contributed by atoms with Gasteiger partial charge in [0.2, 0.25) is 0 Å². The number of imide groups is 1. The molecule has 2 aromatic heterocycles. The minimum Gasteiger partial charge on any atom is -0.487 e. The molecule has 8 nitrogen and oxygen atoms in total. The van der Waals surface area contributed by atoms with Crippen LogP contribution < -0.4 is 15.4 Å². The third-order valence-corrected chi connectivity index (χ3v) is 5.71. The first-order valence-electron chi connectivity index (χ1n) is 9.40. The van der Waals surface area contributed by atoms with Crippen molar-refractivity contribution in [3.05, 3.63) is 68.3 Å². The number of thiazole rings is 1. The lowest BCUT2D eigenvalue weighted by atomic mass is 10.2. The molecule has 0 aliphatic carbocycles. The Hall–Kier alpha value is -3.24. The van der Waals surface area contributed by atoms with Crippen LogP contribution in [0.1, 0.15) is 25.9 Å². The second-order valence-electron chi connectivity index (χ2n) is 6.38. The van der Waals surface area contributed by atoms with Crippen LogP contribution in [0.15, 0.2) is 47.2 Å². The fraction of sp³-hybridized carbons (Fsp3) is 0.238. The van der Waals surface area contributed by atoms with Crippen LogP contribution in [0, 0.1) is 6.92 Å². The largest absolute Gasteiger partial charge is 0.487 e. The number of amides is 3. The Balaban J connectivity index is 1.39. The molecule has 0 aliphatic rings. The number of aryl methyl sites for hydroxylation is 1. The number of carbonyl (C=O) groups excluding carboxylic acids is 3. The molecule has 0 unspecified atom stereocenters. The van der Waals surface area contributed by atoms with Crippen LogP contribution in [-0.4, -0.2) is 36.0 Å². The number of carbonyl (C=O) groups is 3. The summed E-state index contributed by atoms with van der Waals surface area (Å²) in [4.78, 5) is 41.2. The van der Waals surface area contributed by atoms with Crippen molar-refractivity contribution in [2.45, 2.75) is 20.0 Å². The first-order chi connectivity index (χ1) is 15.0. The lowest BCUT2D eigenvalue weighted by Crippen LogP contribution is -2.42. The van der Waals surface area contributed by atoms with Gasteiger partial charge in [-0.2, -0.15) is 0 Å². The molecule has 0 aliphatic heterocycles. The van der Waals surface area contributed by atoms with Crippen LogP contribution in [0.5, 0.6) is 5.75 Å². The van der Waals surface area contributed by atoms with E-state index in [0.29, 0.717) is 18.7 Å². The summed E-state index contributed by atoms with van der Waals surface area (Å²) in [7, 11) is 0. The van der Waals surface area contributed by atoms with Gasteiger partial charge in [0, 0.05) is 16.8 Å². The highest BCUT2D eigenvalue weighted by atomic mass is 32.1. The number of esters is 1. The third-order valence-electron chi connectivity index (χ3n) is 3.95. The summed E-state index contributed by atoms with van der Waals surface area (Å²) < 4.78 is 10.6. The van der Waals surface area contributed by atoms with Crippen molar-refractivity contribution in [2.75, 3.05) is 13.2 Å². The Morgan fingerprint density at radius 2 is 2.00 bits per heavy atom. The Morgan fingerprint density at radius 1 is 1.13 bits per heavy atom. The van der Waals surface area contributed by atoms with Crippen LogP contribution >= 0.6 is 22.7 Å². The van der Waals surface area contributed by atoms with Gasteiger partial charge in [0.25, 0.3) is 5.91 Å². The zero-order valence-electron chi connectivity index (χ0n) is 16.8. The monoisotopic (exact) mass is 459 g/mol. The van der Waals surface area contributed by atoms with Crippen molar-refractivity contribution < 1.29 is 23.9 Å². The normalized spacial score (nSPS) is 10.4. The summed E-state index contributed by atoms with van der Waals surface area (Å²) in [6.45, 7) is 2.02. The first-order valence-corrected chi connectivity index (χ1v) is 11.2. The van der Waals surface area contributed by atoms with E-state index in [4.69, 9.17) is 9.47 Å². The lowest BCUT2D eigenvalue weighted by molar-refractivity contribution is -0.123. The van der Waals surface area contributed by atoms with E-state index < -0.39 is 24.5 Å². The van der Waals surface area contributed by atoms with Gasteiger partial charge in [-0.1, -0.05) is 12.1 Å². The number of nitrogens with zero attached hydrogens (tertiary/aromatic N) is 1. The Kier molecular flexibility index (Phi) is 8.13. The number of nitrogens with one attached hydrogen (secondary N) is 2. The van der Waals surface area contributed by atoms with Gasteiger partial charge in [-0.05, 0) is 43.0 Å². The molecule has 0 radical (unpaired) electrons. The smallest absolute Gasteiger partial charge is 0.338 e. The van der Waals surface area contributed by atoms with Crippen LogP contribution in [0.2, 0.25) is 0 Å². The SMILES string of the molecule is Cc1nc(COc2cccc(C(=O)OCC(=O)NC(=O)NCCc3cccs3)c2)cs1. The topological polar surface area (TPSA) is 107 Å². The highest BCUT2D eigenvalue weighted by Gasteiger charge is 2.13. The van der Waals surface area contributed by atoms with Crippen molar-refractivity contribution in [1.29, 1.82) is 0 Å². The molecular weight excluding hydrogens is 438 g/mol. The number of urea groups is 1. The minimum absolute atomic E-state index is 0.236. The molecular formula is C21H21N3O5S2. The molecule has 3 aromatic rings. The van der Waals surface area contributed by atoms with Gasteiger partial charge in [-0.15, -0.1) is 22.7 Å². The van der Waals surface area contributed by atoms with Crippen LogP contribution in [0.4, 0.5) is 4.79 Å². The summed E-state index contributed by atoms with van der Waals surface area (Å²) in [5.41, 5.74) is 1.04. The molecule has 0 atom stereocenters. The van der Waals surface area contributed by atoms with Gasteiger partial charge >= 0.3 is 12.0 Å². The second kappa shape index (κ2) is 11.2. The highest BCUT2D eigenvalue weighted by Crippen LogP contribution is 2.17. The molecule has 31 heavy (non-hydrogen) atoms. The zero-order valence-corrected chi connectivity index (χ0v) is 18.4. The van der Waals surface area contributed by atoms with E-state index in [0.717, 1.165) is 15.6 Å². The molecule has 0 spiro atoms. The highest BCUT2D eigenvalue weighted by molar-refractivity contribution is 7.10. The van der Waals surface area contributed by atoms with Crippen LogP contribution in [0.25, 0.3) is 0 Å². The van der Waals surface area contributed by atoms with Gasteiger partial charge in [-0.25, -0.2) is 14.6 Å². The van der Waals surface area contributed by atoms with E-state index >= 15 is 0 Å². The molecule has 2 heterocycles. The standard InChI is InChI=1S/C21H21N3O5S2/c1-14-23-16(13-31-14)11-28-17-5-2-4-15(10-17)20(26)29-12-19(25)24-21(27)22-8-7-18-6-3-9-30-18/h2-6,9-10,13H,7-8,11-12H2,1H3,(H2,22,24,25,27). The molecule has 3 rings (SSSR count). The molecule has 0 saturated heterocycles. The van der Waals surface area contributed by atoms with Crippen LogP contribution in [-0.2, 0) is 22.6 Å². The van der Waals surface area contributed by atoms with Gasteiger partial charge in [0.05, 0.1) is 16.3 Å². The van der Waals surface area contributed by atoms with E-state index in [1.807, 2.05) is 29.8 Å². The molecule has 0 fully saturated rings. The average molecular weight is 460 g/mol. The van der Waals surface area contributed by atoms with E-state index in [1.165, 1.54) is 17.4 Å². The van der Waals surface area contributed by atoms with Crippen molar-refractivity contribution in [3.8, 4) is 5.75 Å². The van der Waals surface area contributed by atoms with Crippen molar-refractivity contribution >= 4 is 40.6 Å². The molecule has 10 heteroatoms. The Morgan fingerprint density at radius 3 is 2.74 bits per heavy atom. The predicted molar refractivity (Wildman–Crippen MR) is 117 cm³/mol. The van der Waals surface area contributed by atoms with Gasteiger partial charge in [-0.3, -0.25) is 10.1 Å². The number of aromatic nitrogens is 1. The zero-order chi connectivity index (χ0) is 22.1. The van der Waals surface area contributed by atoms with E-state index in [1.54, 1.807) is 29.5 Å². The molecule has 0 saturated carbocycles. The molecule has 3 amide bonds. The predicted octanol–water partition coefficient (Wildman–Crippen LogP) is 3.32. The fourth-order valence-corrected chi connectivity index (χ4v) is 3.83. The molecule has 0 bridgehead atoms. The lowest BCUT2D eigenvalue weighted by Gasteiger charge is -2.08. The minimum atomic E-state index is -0.715. The van der Waals surface area contributed by atoms with Gasteiger partial charge < -0.3 is 14.8 Å². The number of rotatable bonds is 9. The molecule has 1 aromatic carbocycles. The molecule has 162 valence electrons. The van der Waals surface area contributed by atoms with E-state index in [2.05, 4.69) is 15.6 Å². The number of ether oxygens (including phenoxy) is 2. The van der Waals surface area contributed by atoms with E-state index in [-0.39, 0.29) is 12.2 Å².